The highest BCUT2D eigenvalue weighted by Gasteiger charge is 2.12. The second-order valence-corrected chi connectivity index (χ2v) is 5.33. The van der Waals surface area contributed by atoms with E-state index < -0.39 is 0 Å². The number of benzene rings is 2. The maximum Gasteiger partial charge on any atom is 0.0618 e. The summed E-state index contributed by atoms with van der Waals surface area (Å²) in [7, 11) is 1.76. The Bertz CT molecular complexity index is 516. The molecule has 1 N–H and O–H groups in total. The number of rotatable bonds is 6. The van der Waals surface area contributed by atoms with E-state index in [4.69, 9.17) is 4.74 Å². The molecule has 2 heteroatoms. The van der Waals surface area contributed by atoms with E-state index in [1.54, 1.807) is 7.11 Å². The van der Waals surface area contributed by atoms with Crippen LogP contribution in [-0.4, -0.2) is 19.8 Å². The molecule has 19 heavy (non-hydrogen) atoms. The maximum atomic E-state index is 5.28. The molecule has 0 aromatic heterocycles. The number of nitrogens with one attached hydrogen (secondary N) is 1. The Kier molecular flexibility index (Phi) is 4.94. The summed E-state index contributed by atoms with van der Waals surface area (Å²) in [4.78, 5) is 0. The van der Waals surface area contributed by atoms with Gasteiger partial charge in [0.1, 0.15) is 0 Å². The lowest BCUT2D eigenvalue weighted by Gasteiger charge is -2.22. The average Bonchev–Trinajstić information content (AvgIpc) is 2.43. The standard InChI is InChI=1S/C17H23NO/c1-13(2)17(12-19-3)18-11-15-9-6-8-14-7-4-5-10-16(14)15/h4-10,13,17-18H,11-12H2,1-3H3. The SMILES string of the molecule is COCC(NCc1cccc2ccccc12)C(C)C. The molecule has 2 rings (SSSR count). The molecule has 102 valence electrons. The van der Waals surface area contributed by atoms with Crippen molar-refractivity contribution in [1.82, 2.24) is 5.32 Å². The van der Waals surface area contributed by atoms with Gasteiger partial charge in [0.2, 0.25) is 0 Å². The molecule has 0 amide bonds. The van der Waals surface area contributed by atoms with Crippen molar-refractivity contribution in [2.45, 2.75) is 26.4 Å². The fourth-order valence-corrected chi connectivity index (χ4v) is 2.35. The third-order valence-corrected chi connectivity index (χ3v) is 3.59. The average molecular weight is 257 g/mol. The van der Waals surface area contributed by atoms with Crippen LogP contribution in [-0.2, 0) is 11.3 Å². The monoisotopic (exact) mass is 257 g/mol. The summed E-state index contributed by atoms with van der Waals surface area (Å²) >= 11 is 0. The Morgan fingerprint density at radius 3 is 2.53 bits per heavy atom. The van der Waals surface area contributed by atoms with E-state index in [2.05, 4.69) is 61.6 Å². The predicted octanol–water partition coefficient (Wildman–Crippen LogP) is 3.60. The van der Waals surface area contributed by atoms with E-state index >= 15 is 0 Å². The van der Waals surface area contributed by atoms with Crippen LogP contribution in [0, 0.1) is 5.92 Å². The summed E-state index contributed by atoms with van der Waals surface area (Å²) in [5.41, 5.74) is 1.35. The first-order chi connectivity index (χ1) is 9.22. The molecule has 2 aromatic rings. The van der Waals surface area contributed by atoms with Crippen molar-refractivity contribution in [1.29, 1.82) is 0 Å². The second-order valence-electron chi connectivity index (χ2n) is 5.33. The zero-order valence-corrected chi connectivity index (χ0v) is 12.0. The number of hydrogen-bond donors (Lipinski definition) is 1. The molecule has 0 heterocycles. The van der Waals surface area contributed by atoms with Crippen LogP contribution in [0.25, 0.3) is 10.8 Å². The third kappa shape index (κ3) is 3.55. The largest absolute Gasteiger partial charge is 0.383 e. The molecule has 0 aliphatic carbocycles. The fourth-order valence-electron chi connectivity index (χ4n) is 2.35. The van der Waals surface area contributed by atoms with Gasteiger partial charge >= 0.3 is 0 Å². The van der Waals surface area contributed by atoms with Crippen LogP contribution in [0.1, 0.15) is 19.4 Å². The summed E-state index contributed by atoms with van der Waals surface area (Å²) in [6, 6.07) is 15.4. The molecular weight excluding hydrogens is 234 g/mol. The molecule has 0 fully saturated rings. The lowest BCUT2D eigenvalue weighted by atomic mass is 10.0. The molecule has 1 atom stereocenters. The van der Waals surface area contributed by atoms with Crippen LogP contribution in [0.3, 0.4) is 0 Å². The van der Waals surface area contributed by atoms with Crippen molar-refractivity contribution in [3.63, 3.8) is 0 Å². The minimum Gasteiger partial charge on any atom is -0.383 e. The highest BCUT2D eigenvalue weighted by Crippen LogP contribution is 2.18. The molecule has 0 bridgehead atoms. The van der Waals surface area contributed by atoms with Gasteiger partial charge in [0.25, 0.3) is 0 Å². The molecule has 0 saturated carbocycles. The molecule has 0 aliphatic rings. The van der Waals surface area contributed by atoms with Crippen molar-refractivity contribution in [3.8, 4) is 0 Å². The minimum absolute atomic E-state index is 0.393. The zero-order valence-electron chi connectivity index (χ0n) is 12.0. The molecule has 0 spiro atoms. The topological polar surface area (TPSA) is 21.3 Å². The van der Waals surface area contributed by atoms with Gasteiger partial charge in [0.15, 0.2) is 0 Å². The number of hydrogen-bond acceptors (Lipinski definition) is 2. The number of methoxy groups -OCH3 is 1. The third-order valence-electron chi connectivity index (χ3n) is 3.59. The van der Waals surface area contributed by atoms with Crippen molar-refractivity contribution >= 4 is 10.8 Å². The van der Waals surface area contributed by atoms with Crippen LogP contribution in [0.15, 0.2) is 42.5 Å². The van der Waals surface area contributed by atoms with Gasteiger partial charge < -0.3 is 10.1 Å². The quantitative estimate of drug-likeness (QED) is 0.853. The van der Waals surface area contributed by atoms with Crippen molar-refractivity contribution < 1.29 is 4.74 Å². The summed E-state index contributed by atoms with van der Waals surface area (Å²) in [5.74, 6) is 0.565. The van der Waals surface area contributed by atoms with Crippen molar-refractivity contribution in [2.24, 2.45) is 5.92 Å². The van der Waals surface area contributed by atoms with Crippen molar-refractivity contribution in [3.05, 3.63) is 48.0 Å². The number of ether oxygens (including phenoxy) is 1. The maximum absolute atomic E-state index is 5.28. The van der Waals surface area contributed by atoms with Crippen LogP contribution < -0.4 is 5.32 Å². The number of fused-ring (bicyclic) bond motifs is 1. The summed E-state index contributed by atoms with van der Waals surface area (Å²) < 4.78 is 5.28. The van der Waals surface area contributed by atoms with Gasteiger partial charge in [0, 0.05) is 19.7 Å². The summed E-state index contributed by atoms with van der Waals surface area (Å²) in [6.45, 7) is 6.08. The van der Waals surface area contributed by atoms with Gasteiger partial charge in [-0.1, -0.05) is 56.3 Å². The molecule has 1 unspecified atom stereocenters. The van der Waals surface area contributed by atoms with Gasteiger partial charge in [-0.15, -0.1) is 0 Å². The highest BCUT2D eigenvalue weighted by atomic mass is 16.5. The first-order valence-electron chi connectivity index (χ1n) is 6.91. The molecular formula is C17H23NO. The van der Waals surface area contributed by atoms with E-state index in [0.717, 1.165) is 13.2 Å². The van der Waals surface area contributed by atoms with Gasteiger partial charge in [-0.2, -0.15) is 0 Å². The Hall–Kier alpha value is -1.38. The predicted molar refractivity (Wildman–Crippen MR) is 81.3 cm³/mol. The molecule has 2 nitrogen and oxygen atoms in total. The zero-order chi connectivity index (χ0) is 13.7. The lowest BCUT2D eigenvalue weighted by Crippen LogP contribution is -2.37. The van der Waals surface area contributed by atoms with Crippen LogP contribution in [0.5, 0.6) is 0 Å². The van der Waals surface area contributed by atoms with Gasteiger partial charge in [-0.05, 0) is 22.3 Å². The fraction of sp³-hybridized carbons (Fsp3) is 0.412. The summed E-state index contributed by atoms with van der Waals surface area (Å²) in [5, 5.41) is 6.24. The highest BCUT2D eigenvalue weighted by molar-refractivity contribution is 5.85. The van der Waals surface area contributed by atoms with Gasteiger partial charge in [0.05, 0.1) is 6.61 Å². The van der Waals surface area contributed by atoms with Gasteiger partial charge in [-0.25, -0.2) is 0 Å². The Labute approximate surface area is 115 Å². The lowest BCUT2D eigenvalue weighted by molar-refractivity contribution is 0.146. The first-order valence-corrected chi connectivity index (χ1v) is 6.91. The smallest absolute Gasteiger partial charge is 0.0618 e. The van der Waals surface area contributed by atoms with E-state index in [1.165, 1.54) is 16.3 Å². The van der Waals surface area contributed by atoms with Crippen molar-refractivity contribution in [2.75, 3.05) is 13.7 Å². The van der Waals surface area contributed by atoms with Gasteiger partial charge in [-0.3, -0.25) is 0 Å². The van der Waals surface area contributed by atoms with E-state index in [0.29, 0.717) is 12.0 Å². The summed E-state index contributed by atoms with van der Waals surface area (Å²) in [6.07, 6.45) is 0. The minimum atomic E-state index is 0.393. The molecule has 0 radical (unpaired) electrons. The Balaban J connectivity index is 2.13. The van der Waals surface area contributed by atoms with E-state index in [1.807, 2.05) is 0 Å². The van der Waals surface area contributed by atoms with E-state index in [-0.39, 0.29) is 0 Å². The van der Waals surface area contributed by atoms with Crippen LogP contribution in [0.2, 0.25) is 0 Å². The molecule has 0 saturated heterocycles. The van der Waals surface area contributed by atoms with E-state index in [9.17, 15) is 0 Å². The Morgan fingerprint density at radius 2 is 1.79 bits per heavy atom. The van der Waals surface area contributed by atoms with Crippen LogP contribution >= 0.6 is 0 Å². The molecule has 0 aliphatic heterocycles. The Morgan fingerprint density at radius 1 is 1.05 bits per heavy atom. The first kappa shape index (κ1) is 14.0. The van der Waals surface area contributed by atoms with Crippen LogP contribution in [0.4, 0.5) is 0 Å². The second kappa shape index (κ2) is 6.69. The molecule has 2 aromatic carbocycles. The normalized spacial score (nSPS) is 13.1.